The van der Waals surface area contributed by atoms with Gasteiger partial charge in [0.1, 0.15) is 12.2 Å². The van der Waals surface area contributed by atoms with E-state index in [1.54, 1.807) is 0 Å². The first kappa shape index (κ1) is 27.7. The van der Waals surface area contributed by atoms with E-state index in [9.17, 15) is 14.0 Å². The topological polar surface area (TPSA) is 91.8 Å². The van der Waals surface area contributed by atoms with Crippen molar-refractivity contribution in [2.24, 2.45) is 0 Å². The number of aromatic amines is 1. The van der Waals surface area contributed by atoms with Gasteiger partial charge in [-0.3, -0.25) is 14.3 Å². The number of rotatable bonds is 10. The van der Waals surface area contributed by atoms with Crippen molar-refractivity contribution in [3.8, 4) is 12.3 Å². The molecule has 200 valence electrons. The lowest BCUT2D eigenvalue weighted by atomic mass is 9.96. The molecule has 2 heterocycles. The van der Waals surface area contributed by atoms with Crippen LogP contribution >= 0.6 is 0 Å². The first-order valence-electron chi connectivity index (χ1n) is 12.2. The number of hydrogen-bond donors (Lipinski definition) is 1. The number of H-pyrrole nitrogens is 1. The normalized spacial score (nSPS) is 23.3. The zero-order valence-corrected chi connectivity index (χ0v) is 22.6. The summed E-state index contributed by atoms with van der Waals surface area (Å²) in [6, 6.07) is 19.1. The van der Waals surface area contributed by atoms with E-state index in [4.69, 9.17) is 25.1 Å². The van der Waals surface area contributed by atoms with Crippen LogP contribution in [-0.2, 0) is 31.9 Å². The Labute approximate surface area is 221 Å². The van der Waals surface area contributed by atoms with Crippen LogP contribution in [0, 0.1) is 18.2 Å². The molecule has 38 heavy (non-hydrogen) atoms. The number of benzene rings is 2. The summed E-state index contributed by atoms with van der Waals surface area (Å²) in [7, 11) is -2.30. The van der Waals surface area contributed by atoms with Crippen LogP contribution in [0.4, 0.5) is 4.39 Å². The van der Waals surface area contributed by atoms with Gasteiger partial charge in [0.2, 0.25) is 5.82 Å². The Hall–Kier alpha value is -3.33. The fraction of sp³-hybridized carbons (Fsp3) is 0.357. The molecule has 4 rings (SSSR count). The number of terminal acetylenes is 1. The third-order valence-electron chi connectivity index (χ3n) is 6.00. The summed E-state index contributed by atoms with van der Waals surface area (Å²) in [6.07, 6.45) is 3.90. The Morgan fingerprint density at radius 1 is 1.05 bits per heavy atom. The molecule has 1 saturated heterocycles. The molecule has 0 aliphatic carbocycles. The lowest BCUT2D eigenvalue weighted by Gasteiger charge is -2.33. The van der Waals surface area contributed by atoms with Crippen LogP contribution in [0.25, 0.3) is 0 Å². The zero-order valence-electron chi connectivity index (χ0n) is 21.6. The van der Waals surface area contributed by atoms with Crippen LogP contribution in [0.5, 0.6) is 0 Å². The van der Waals surface area contributed by atoms with Crippen molar-refractivity contribution in [2.75, 3.05) is 6.61 Å². The Bertz CT molecular complexity index is 1380. The molecule has 1 N–H and O–H groups in total. The van der Waals surface area contributed by atoms with Crippen molar-refractivity contribution in [2.45, 2.75) is 56.9 Å². The molecular weight excluding hydrogens is 507 g/mol. The molecule has 0 saturated carbocycles. The van der Waals surface area contributed by atoms with Gasteiger partial charge in [0.05, 0.1) is 26.0 Å². The van der Waals surface area contributed by atoms with Crippen molar-refractivity contribution in [1.29, 1.82) is 0 Å². The summed E-state index contributed by atoms with van der Waals surface area (Å²) in [4.78, 5) is 26.5. The van der Waals surface area contributed by atoms with Crippen LogP contribution in [0.3, 0.4) is 0 Å². The zero-order chi connectivity index (χ0) is 27.3. The minimum atomic E-state index is -2.30. The number of halogens is 1. The van der Waals surface area contributed by atoms with Gasteiger partial charge in [-0.05, 0) is 30.8 Å². The maximum Gasteiger partial charge on any atom is 0.330 e. The van der Waals surface area contributed by atoms with Gasteiger partial charge in [0, 0.05) is 0 Å². The molecule has 1 fully saturated rings. The van der Waals surface area contributed by atoms with Crippen molar-refractivity contribution in [1.82, 2.24) is 9.55 Å². The van der Waals surface area contributed by atoms with Gasteiger partial charge in [-0.2, -0.15) is 4.39 Å². The van der Waals surface area contributed by atoms with E-state index in [1.165, 1.54) is 0 Å². The van der Waals surface area contributed by atoms with E-state index in [0.717, 1.165) is 21.9 Å². The van der Waals surface area contributed by atoms with Gasteiger partial charge < -0.3 is 18.6 Å². The Morgan fingerprint density at radius 3 is 2.24 bits per heavy atom. The number of nitrogens with zero attached hydrogens (tertiary/aromatic N) is 1. The van der Waals surface area contributed by atoms with Gasteiger partial charge in [-0.1, -0.05) is 66.6 Å². The van der Waals surface area contributed by atoms with Gasteiger partial charge in [-0.25, -0.2) is 4.79 Å². The first-order valence-corrected chi connectivity index (χ1v) is 15.6. The second-order valence-corrected chi connectivity index (χ2v) is 14.5. The fourth-order valence-electron chi connectivity index (χ4n) is 4.32. The van der Waals surface area contributed by atoms with Crippen molar-refractivity contribution in [3.05, 3.63) is 105 Å². The van der Waals surface area contributed by atoms with Gasteiger partial charge in [0.25, 0.3) is 5.56 Å². The molecule has 4 atom stereocenters. The smallest absolute Gasteiger partial charge is 0.330 e. The monoisotopic (exact) mass is 538 g/mol. The van der Waals surface area contributed by atoms with Gasteiger partial charge in [-0.15, -0.1) is 6.42 Å². The van der Waals surface area contributed by atoms with E-state index < -0.39 is 49.4 Å². The quantitative estimate of drug-likeness (QED) is 0.313. The lowest BCUT2D eigenvalue weighted by molar-refractivity contribution is -0.124. The molecule has 0 unspecified atom stereocenters. The number of hydrogen-bond acceptors (Lipinski definition) is 6. The standard InChI is InChI=1S/C28H31FN2O6Si/c1-5-28(19-34-17-20-12-8-6-9-13-20)24(35-18-21-14-10-7-11-15-21)23(37-38(2,3)4)26(36-28)31-16-22(29)25(32)30-27(31)33/h1,6-16,23-24,26H,17-19H2,2-4H3,(H,30,32,33)/t23-,24-,26+,28+/m0/s1. The summed E-state index contributed by atoms with van der Waals surface area (Å²) in [5.41, 5.74) is -1.63. The first-order chi connectivity index (χ1) is 18.1. The van der Waals surface area contributed by atoms with E-state index >= 15 is 0 Å². The number of ether oxygens (including phenoxy) is 3. The third kappa shape index (κ3) is 6.38. The SMILES string of the molecule is C#C[C@]1(COCc2ccccc2)O[C@@H](n2cc(F)c(=O)[nH]c2=O)[C@@H](O[Si](C)(C)C)[C@@H]1OCc1ccccc1. The molecule has 10 heteroatoms. The van der Waals surface area contributed by atoms with Crippen LogP contribution in [0.1, 0.15) is 17.4 Å². The van der Waals surface area contributed by atoms with Crippen LogP contribution < -0.4 is 11.2 Å². The lowest BCUT2D eigenvalue weighted by Crippen LogP contribution is -2.50. The number of nitrogens with one attached hydrogen (secondary N) is 1. The summed E-state index contributed by atoms with van der Waals surface area (Å²) in [6.45, 7) is 6.27. The van der Waals surface area contributed by atoms with Crippen molar-refractivity contribution < 1.29 is 23.0 Å². The summed E-state index contributed by atoms with van der Waals surface area (Å²) in [5.74, 6) is 1.55. The van der Waals surface area contributed by atoms with Crippen LogP contribution in [0.2, 0.25) is 19.6 Å². The summed E-state index contributed by atoms with van der Waals surface area (Å²) >= 11 is 0. The van der Waals surface area contributed by atoms with Gasteiger partial charge >= 0.3 is 5.69 Å². The molecule has 1 aromatic heterocycles. The van der Waals surface area contributed by atoms with E-state index in [2.05, 4.69) is 5.92 Å². The molecule has 1 aliphatic heterocycles. The molecule has 8 nitrogen and oxygen atoms in total. The Kier molecular flexibility index (Phi) is 8.45. The molecule has 0 bridgehead atoms. The summed E-state index contributed by atoms with van der Waals surface area (Å²) in [5, 5.41) is 0. The predicted molar refractivity (Wildman–Crippen MR) is 142 cm³/mol. The highest BCUT2D eigenvalue weighted by Crippen LogP contribution is 2.42. The number of aromatic nitrogens is 2. The summed E-state index contributed by atoms with van der Waals surface area (Å²) < 4.78 is 40.5. The molecule has 0 spiro atoms. The maximum atomic E-state index is 14.3. The van der Waals surface area contributed by atoms with Crippen LogP contribution in [-0.4, -0.2) is 42.3 Å². The van der Waals surface area contributed by atoms with E-state index in [0.29, 0.717) is 0 Å². The second kappa shape index (κ2) is 11.6. The average molecular weight is 539 g/mol. The molecule has 1 aliphatic rings. The predicted octanol–water partition coefficient (Wildman–Crippen LogP) is 3.60. The van der Waals surface area contributed by atoms with Gasteiger partial charge in [0.15, 0.2) is 20.1 Å². The maximum absolute atomic E-state index is 14.3. The largest absolute Gasteiger partial charge is 0.407 e. The van der Waals surface area contributed by atoms with E-state index in [1.807, 2.05) is 85.3 Å². The minimum Gasteiger partial charge on any atom is -0.407 e. The average Bonchev–Trinajstić information content (AvgIpc) is 3.18. The highest BCUT2D eigenvalue weighted by molar-refractivity contribution is 6.69. The Balaban J connectivity index is 1.73. The molecular formula is C28H31FN2O6Si. The molecule has 2 aromatic carbocycles. The highest BCUT2D eigenvalue weighted by atomic mass is 28.4. The highest BCUT2D eigenvalue weighted by Gasteiger charge is 2.58. The minimum absolute atomic E-state index is 0.0828. The molecule has 0 amide bonds. The van der Waals surface area contributed by atoms with Crippen LogP contribution in [0.15, 0.2) is 76.4 Å². The molecule has 3 aromatic rings. The van der Waals surface area contributed by atoms with Crippen molar-refractivity contribution >= 4 is 8.32 Å². The Morgan fingerprint density at radius 2 is 1.66 bits per heavy atom. The van der Waals surface area contributed by atoms with Crippen molar-refractivity contribution in [3.63, 3.8) is 0 Å². The van der Waals surface area contributed by atoms with E-state index in [-0.39, 0.29) is 19.8 Å². The molecule has 0 radical (unpaired) electrons. The second-order valence-electron chi connectivity index (χ2n) is 10.1. The third-order valence-corrected chi connectivity index (χ3v) is 6.98. The fourth-order valence-corrected chi connectivity index (χ4v) is 5.37.